The number of hydrogen-bond donors (Lipinski definition) is 6. The minimum absolute atomic E-state index is 0. The second kappa shape index (κ2) is 20.0. The molecule has 120 valence electrons. The van der Waals surface area contributed by atoms with Crippen LogP contribution in [-0.2, 0) is 9.36 Å². The van der Waals surface area contributed by atoms with E-state index in [1.165, 1.54) is 0 Å². The van der Waals surface area contributed by atoms with E-state index in [1.807, 2.05) is 14.0 Å². The summed E-state index contributed by atoms with van der Waals surface area (Å²) in [4.78, 5) is 42.4. The van der Waals surface area contributed by atoms with Crippen LogP contribution in [0.15, 0.2) is 0 Å². The third-order valence-electron chi connectivity index (χ3n) is 1.31. The molecule has 1 saturated heterocycles. The normalized spacial score (nSPS) is 11.9. The van der Waals surface area contributed by atoms with Crippen LogP contribution in [0.25, 0.3) is 0 Å². The number of amides is 1. The summed E-state index contributed by atoms with van der Waals surface area (Å²) in [6, 6.07) is 0. The molecule has 13 heteroatoms. The first kappa shape index (κ1) is 32.8. The fourth-order valence-corrected chi connectivity index (χ4v) is 0.783. The second-order valence-electron chi connectivity index (χ2n) is 3.12. The Hall–Kier alpha value is 0.00481. The van der Waals surface area contributed by atoms with Gasteiger partial charge in [0, 0.05) is 20.0 Å². The molecular weight excluding hydrogens is 297 g/mol. The van der Waals surface area contributed by atoms with Crippen molar-refractivity contribution >= 4 is 57.6 Å². The molecule has 0 spiro atoms. The molecule has 0 aromatic rings. The zero-order valence-corrected chi connectivity index (χ0v) is 11.7. The number of nitrogens with two attached hydrogens (primary N) is 1. The Kier molecular flexibility index (Phi) is 31.3. The SMILES string of the molecule is CCN.CN1CCCC1=O.O=C(O)O.O=P(O)(O)O.[LiH].[LiH]. The Labute approximate surface area is 147 Å². The van der Waals surface area contributed by atoms with Crippen LogP contribution in [0.3, 0.4) is 0 Å². The monoisotopic (exact) mass is 320 g/mol. The number of phosphoric acid groups is 1. The molecule has 0 atom stereocenters. The molecular formula is C8H23Li2N2O8P. The van der Waals surface area contributed by atoms with Gasteiger partial charge in [-0.3, -0.25) is 4.79 Å². The second-order valence-corrected chi connectivity index (χ2v) is 4.15. The van der Waals surface area contributed by atoms with Crippen molar-refractivity contribution in [3.8, 4) is 0 Å². The maximum absolute atomic E-state index is 10.5. The first-order valence-electron chi connectivity index (χ1n) is 5.09. The molecule has 1 aliphatic rings. The number of likely N-dealkylation sites (tertiary alicyclic amines) is 1. The summed E-state index contributed by atoms with van der Waals surface area (Å²) in [7, 11) is -2.80. The molecule has 1 rings (SSSR count). The summed E-state index contributed by atoms with van der Waals surface area (Å²) >= 11 is 0. The molecule has 0 radical (unpaired) electrons. The van der Waals surface area contributed by atoms with Crippen LogP contribution in [0.4, 0.5) is 4.79 Å². The molecule has 1 heterocycles. The third kappa shape index (κ3) is 64.8. The van der Waals surface area contributed by atoms with Gasteiger partial charge >= 0.3 is 51.7 Å². The average molecular weight is 320 g/mol. The van der Waals surface area contributed by atoms with E-state index in [0.29, 0.717) is 5.91 Å². The van der Waals surface area contributed by atoms with E-state index in [2.05, 4.69) is 0 Å². The molecule has 0 saturated carbocycles. The van der Waals surface area contributed by atoms with Crippen molar-refractivity contribution in [1.29, 1.82) is 0 Å². The van der Waals surface area contributed by atoms with E-state index in [0.717, 1.165) is 25.9 Å². The van der Waals surface area contributed by atoms with E-state index in [9.17, 15) is 4.79 Å². The summed E-state index contributed by atoms with van der Waals surface area (Å²) in [5.41, 5.74) is 4.85. The Morgan fingerprint density at radius 3 is 1.57 bits per heavy atom. The Morgan fingerprint density at radius 2 is 1.52 bits per heavy atom. The number of carbonyl (C=O) groups excluding carboxylic acids is 1. The number of nitrogens with zero attached hydrogens (tertiary/aromatic N) is 1. The fourth-order valence-electron chi connectivity index (χ4n) is 0.783. The molecule has 7 N–H and O–H groups in total. The molecule has 1 amide bonds. The maximum atomic E-state index is 10.5. The summed E-state index contributed by atoms with van der Waals surface area (Å²) in [5.74, 6) is 0.292. The van der Waals surface area contributed by atoms with Gasteiger partial charge in [-0.2, -0.15) is 0 Å². The third-order valence-corrected chi connectivity index (χ3v) is 1.31. The van der Waals surface area contributed by atoms with Gasteiger partial charge in [0.15, 0.2) is 0 Å². The van der Waals surface area contributed by atoms with Gasteiger partial charge in [-0.1, -0.05) is 6.92 Å². The predicted octanol–water partition coefficient (Wildman–Crippen LogP) is -1.80. The number of rotatable bonds is 0. The first-order valence-corrected chi connectivity index (χ1v) is 6.66. The molecule has 0 aromatic heterocycles. The van der Waals surface area contributed by atoms with Crippen LogP contribution in [0.5, 0.6) is 0 Å². The van der Waals surface area contributed by atoms with Gasteiger partial charge in [-0.05, 0) is 13.0 Å². The zero-order valence-electron chi connectivity index (χ0n) is 10.8. The van der Waals surface area contributed by atoms with Gasteiger partial charge < -0.3 is 35.5 Å². The summed E-state index contributed by atoms with van der Waals surface area (Å²) in [5, 5.41) is 13.9. The summed E-state index contributed by atoms with van der Waals surface area (Å²) in [6.07, 6.45) is -0.0220. The summed E-state index contributed by atoms with van der Waals surface area (Å²) in [6.45, 7) is 3.61. The Balaban J connectivity index is -0.0000000553. The molecule has 1 fully saturated rings. The van der Waals surface area contributed by atoms with Crippen molar-refractivity contribution in [1.82, 2.24) is 4.90 Å². The van der Waals surface area contributed by atoms with Crippen molar-refractivity contribution in [2.24, 2.45) is 5.73 Å². The molecule has 21 heavy (non-hydrogen) atoms. The number of hydrogen-bond acceptors (Lipinski definition) is 4. The zero-order chi connectivity index (χ0) is 16.1. The number of carbonyl (C=O) groups is 2. The molecule has 0 aliphatic carbocycles. The molecule has 1 aliphatic heterocycles. The van der Waals surface area contributed by atoms with Crippen LogP contribution in [0, 0.1) is 0 Å². The van der Waals surface area contributed by atoms with Gasteiger partial charge in [0.05, 0.1) is 0 Å². The van der Waals surface area contributed by atoms with Crippen molar-refractivity contribution in [2.45, 2.75) is 19.8 Å². The topological polar surface area (TPSA) is 182 Å². The van der Waals surface area contributed by atoms with E-state index < -0.39 is 14.0 Å². The fraction of sp³-hybridized carbons (Fsp3) is 0.750. The quantitative estimate of drug-likeness (QED) is 0.221. The van der Waals surface area contributed by atoms with Crippen molar-refractivity contribution in [3.05, 3.63) is 0 Å². The van der Waals surface area contributed by atoms with Crippen molar-refractivity contribution < 1.29 is 39.0 Å². The predicted molar refractivity (Wildman–Crippen MR) is 80.8 cm³/mol. The molecule has 0 unspecified atom stereocenters. The van der Waals surface area contributed by atoms with E-state index in [4.69, 9.17) is 40.0 Å². The Bertz CT molecular complexity index is 290. The van der Waals surface area contributed by atoms with Crippen LogP contribution >= 0.6 is 7.82 Å². The average Bonchev–Trinajstić information content (AvgIpc) is 2.48. The van der Waals surface area contributed by atoms with Gasteiger partial charge in [-0.15, -0.1) is 0 Å². The minimum atomic E-state index is -4.64. The van der Waals surface area contributed by atoms with E-state index in [1.54, 1.807) is 4.90 Å². The van der Waals surface area contributed by atoms with E-state index in [-0.39, 0.29) is 37.7 Å². The standard InChI is InChI=1S/C5H9NO.C2H7N.CH2O3.2Li.H3O4P.2H/c1-6-4-2-3-5(6)7;1-2-3;2-1(3)4;;;1-5(2,3)4;;/h2-4H2,1H3;2-3H2,1H3;(H2,2,3,4);;;(H3,1,2,3,4);;. The first-order chi connectivity index (χ1) is 8.45. The van der Waals surface area contributed by atoms with Crippen molar-refractivity contribution in [3.63, 3.8) is 0 Å². The molecule has 0 bridgehead atoms. The number of carboxylic acid groups (broad SMARTS) is 2. The molecule has 10 nitrogen and oxygen atoms in total. The van der Waals surface area contributed by atoms with E-state index >= 15 is 0 Å². The van der Waals surface area contributed by atoms with Gasteiger partial charge in [0.2, 0.25) is 5.91 Å². The van der Waals surface area contributed by atoms with Crippen LogP contribution in [0.1, 0.15) is 19.8 Å². The molecule has 0 aromatic carbocycles. The van der Waals surface area contributed by atoms with Crippen LogP contribution in [-0.4, -0.2) is 99.7 Å². The van der Waals surface area contributed by atoms with Gasteiger partial charge in [-0.25, -0.2) is 9.36 Å². The summed E-state index contributed by atoms with van der Waals surface area (Å²) < 4.78 is 8.88. The van der Waals surface area contributed by atoms with Crippen LogP contribution in [0.2, 0.25) is 0 Å². The van der Waals surface area contributed by atoms with Gasteiger partial charge in [0.1, 0.15) is 0 Å². The van der Waals surface area contributed by atoms with Gasteiger partial charge in [0.25, 0.3) is 0 Å². The Morgan fingerprint density at radius 1 is 1.29 bits per heavy atom. The van der Waals surface area contributed by atoms with Crippen molar-refractivity contribution in [2.75, 3.05) is 20.1 Å². The van der Waals surface area contributed by atoms with Crippen LogP contribution < -0.4 is 5.73 Å².